The first-order valence-corrected chi connectivity index (χ1v) is 9.59. The maximum atomic E-state index is 11.3. The molecule has 0 unspecified atom stereocenters. The summed E-state index contributed by atoms with van der Waals surface area (Å²) in [5, 5.41) is 0. The molecule has 5 heteroatoms. The molecule has 0 saturated carbocycles. The van der Waals surface area contributed by atoms with E-state index in [4.69, 9.17) is 14.2 Å². The van der Waals surface area contributed by atoms with Crippen LogP contribution in [-0.2, 0) is 15.9 Å². The molecule has 0 aliphatic carbocycles. The third-order valence-corrected chi connectivity index (χ3v) is 6.56. The first-order chi connectivity index (χ1) is 11.1. The number of fused-ring (bicyclic) bond motifs is 2. The van der Waals surface area contributed by atoms with E-state index in [1.54, 1.807) is 13.8 Å². The van der Waals surface area contributed by atoms with Gasteiger partial charge in [-0.1, -0.05) is 0 Å². The molecule has 4 nitrogen and oxygen atoms in total. The zero-order chi connectivity index (χ0) is 16.2. The Kier molecular flexibility index (Phi) is 5.05. The Hall–Kier alpha value is -1.76. The van der Waals surface area contributed by atoms with Crippen LogP contribution in [0.3, 0.4) is 0 Å². The molecule has 1 heterocycles. The molecule has 0 spiro atoms. The van der Waals surface area contributed by atoms with Crippen LogP contribution in [0.15, 0.2) is 42.5 Å². The molecule has 0 atom stereocenters. The van der Waals surface area contributed by atoms with Crippen LogP contribution in [0, 0.1) is 7.14 Å². The minimum absolute atomic E-state index is 0.133. The molecule has 0 fully saturated rings. The van der Waals surface area contributed by atoms with Gasteiger partial charge in [-0.25, -0.2) is 0 Å². The van der Waals surface area contributed by atoms with Crippen molar-refractivity contribution in [1.82, 2.24) is 0 Å². The SMILES string of the molecule is CC(C)OC(=O)OCOc1ccc2c(c1)Cc1ccccc1[I-]2. The van der Waals surface area contributed by atoms with Crippen LogP contribution in [-0.4, -0.2) is 19.1 Å². The number of rotatable bonds is 4. The van der Waals surface area contributed by atoms with Gasteiger partial charge in [-0.2, -0.15) is 0 Å². The van der Waals surface area contributed by atoms with Crippen molar-refractivity contribution in [3.8, 4) is 5.75 Å². The number of carbonyl (C=O) groups is 1. The van der Waals surface area contributed by atoms with E-state index in [-0.39, 0.29) is 34.1 Å². The molecule has 3 rings (SSSR count). The van der Waals surface area contributed by atoms with Gasteiger partial charge < -0.3 is 0 Å². The predicted molar refractivity (Wildman–Crippen MR) is 81.3 cm³/mol. The summed E-state index contributed by atoms with van der Waals surface area (Å²) in [7, 11) is 0. The van der Waals surface area contributed by atoms with E-state index in [2.05, 4.69) is 30.3 Å². The van der Waals surface area contributed by atoms with Crippen molar-refractivity contribution in [2.75, 3.05) is 6.79 Å². The second-order valence-electron chi connectivity index (χ2n) is 5.44. The predicted octanol–water partition coefficient (Wildman–Crippen LogP) is 0.617. The van der Waals surface area contributed by atoms with Crippen molar-refractivity contribution in [3.63, 3.8) is 0 Å². The van der Waals surface area contributed by atoms with Crippen molar-refractivity contribution < 1.29 is 40.2 Å². The van der Waals surface area contributed by atoms with Gasteiger partial charge in [0.15, 0.2) is 0 Å². The fourth-order valence-electron chi connectivity index (χ4n) is 2.29. The molecular formula is C18H18IO4-. The average Bonchev–Trinajstić information content (AvgIpc) is 2.52. The summed E-state index contributed by atoms with van der Waals surface area (Å²) in [6.07, 6.45) is 0.0200. The van der Waals surface area contributed by atoms with Gasteiger partial charge in [-0.3, -0.25) is 0 Å². The Morgan fingerprint density at radius 2 is 1.91 bits per heavy atom. The van der Waals surface area contributed by atoms with E-state index < -0.39 is 6.16 Å². The fourth-order valence-corrected chi connectivity index (χ4v) is 5.07. The molecule has 0 N–H and O–H groups in total. The van der Waals surface area contributed by atoms with Gasteiger partial charge >= 0.3 is 146 Å². The third-order valence-electron chi connectivity index (χ3n) is 3.29. The van der Waals surface area contributed by atoms with Crippen LogP contribution in [0.5, 0.6) is 5.75 Å². The maximum absolute atomic E-state index is 11.3. The van der Waals surface area contributed by atoms with E-state index >= 15 is 0 Å². The Morgan fingerprint density at radius 3 is 2.74 bits per heavy atom. The van der Waals surface area contributed by atoms with Gasteiger partial charge in [0.25, 0.3) is 0 Å². The van der Waals surface area contributed by atoms with Crippen LogP contribution in [0.4, 0.5) is 4.79 Å². The summed E-state index contributed by atoms with van der Waals surface area (Å²) < 4.78 is 18.2. The number of halogens is 1. The second-order valence-corrected chi connectivity index (χ2v) is 8.30. The molecule has 0 radical (unpaired) electrons. The monoisotopic (exact) mass is 425 g/mol. The van der Waals surface area contributed by atoms with E-state index in [0.717, 1.165) is 6.42 Å². The number of benzene rings is 2. The Balaban J connectivity index is 1.61. The van der Waals surface area contributed by atoms with Crippen molar-refractivity contribution in [2.45, 2.75) is 26.4 Å². The van der Waals surface area contributed by atoms with Crippen LogP contribution in [0.25, 0.3) is 0 Å². The van der Waals surface area contributed by atoms with Crippen LogP contribution in [0.2, 0.25) is 0 Å². The van der Waals surface area contributed by atoms with Gasteiger partial charge in [0.2, 0.25) is 0 Å². The van der Waals surface area contributed by atoms with Crippen LogP contribution in [0.1, 0.15) is 25.0 Å². The Bertz CT molecular complexity index is 712. The quantitative estimate of drug-likeness (QED) is 0.350. The number of ether oxygens (including phenoxy) is 3. The Labute approximate surface area is 146 Å². The molecule has 0 saturated heterocycles. The first-order valence-electron chi connectivity index (χ1n) is 7.43. The topological polar surface area (TPSA) is 44.8 Å². The summed E-state index contributed by atoms with van der Waals surface area (Å²) in [6.45, 7) is 3.40. The molecule has 0 amide bonds. The molecule has 2 aromatic carbocycles. The standard InChI is InChI=1S/C18H18IO4/c1-12(2)23-18(20)22-11-21-15-7-8-17-14(10-15)9-13-5-3-4-6-16(13)19-17/h3-8,10,12H,9,11H2,1-2H3/q-1. The molecular weight excluding hydrogens is 407 g/mol. The zero-order valence-corrected chi connectivity index (χ0v) is 15.2. The van der Waals surface area contributed by atoms with Crippen molar-refractivity contribution in [3.05, 3.63) is 60.7 Å². The zero-order valence-electron chi connectivity index (χ0n) is 13.0. The van der Waals surface area contributed by atoms with Crippen LogP contribution < -0.4 is 25.9 Å². The van der Waals surface area contributed by atoms with Gasteiger partial charge in [-0.15, -0.1) is 0 Å². The second kappa shape index (κ2) is 7.21. The van der Waals surface area contributed by atoms with Gasteiger partial charge in [0, 0.05) is 0 Å². The molecule has 122 valence electrons. The summed E-state index contributed by atoms with van der Waals surface area (Å²) in [4.78, 5) is 11.3. The normalized spacial score (nSPS) is 12.7. The molecule has 23 heavy (non-hydrogen) atoms. The van der Waals surface area contributed by atoms with E-state index in [1.165, 1.54) is 18.3 Å². The van der Waals surface area contributed by atoms with Gasteiger partial charge in [0.05, 0.1) is 0 Å². The molecule has 2 aromatic rings. The fraction of sp³-hybridized carbons (Fsp3) is 0.278. The molecule has 1 aliphatic heterocycles. The summed E-state index contributed by atoms with van der Waals surface area (Å²) in [6, 6.07) is 14.7. The van der Waals surface area contributed by atoms with Crippen molar-refractivity contribution >= 4 is 6.16 Å². The minimum atomic E-state index is -0.710. The van der Waals surface area contributed by atoms with Gasteiger partial charge in [0.1, 0.15) is 0 Å². The number of carbonyl (C=O) groups excluding carboxylic acids is 1. The Morgan fingerprint density at radius 1 is 1.13 bits per heavy atom. The summed E-state index contributed by atoms with van der Waals surface area (Å²) in [5.74, 6) is 0.712. The average molecular weight is 425 g/mol. The van der Waals surface area contributed by atoms with E-state index in [0.29, 0.717) is 5.75 Å². The number of hydrogen-bond donors (Lipinski definition) is 0. The third kappa shape index (κ3) is 4.16. The number of hydrogen-bond acceptors (Lipinski definition) is 4. The molecule has 0 bridgehead atoms. The van der Waals surface area contributed by atoms with E-state index in [9.17, 15) is 4.79 Å². The van der Waals surface area contributed by atoms with Crippen molar-refractivity contribution in [2.24, 2.45) is 0 Å². The van der Waals surface area contributed by atoms with Crippen molar-refractivity contribution in [1.29, 1.82) is 0 Å². The molecule has 0 aromatic heterocycles. The van der Waals surface area contributed by atoms with Gasteiger partial charge in [-0.05, 0) is 0 Å². The summed E-state index contributed by atoms with van der Waals surface area (Å²) >= 11 is -0.133. The van der Waals surface area contributed by atoms with Crippen LogP contribution >= 0.6 is 0 Å². The van der Waals surface area contributed by atoms with E-state index in [1.807, 2.05) is 12.1 Å². The summed E-state index contributed by atoms with van der Waals surface area (Å²) in [5.41, 5.74) is 2.71. The molecule has 1 aliphatic rings. The first kappa shape index (κ1) is 16.1.